The second kappa shape index (κ2) is 3.10. The fraction of sp³-hybridized carbons (Fsp3) is 0.222. The van der Waals surface area contributed by atoms with Crippen molar-refractivity contribution in [2.24, 2.45) is 0 Å². The van der Waals surface area contributed by atoms with Crippen LogP contribution in [0.2, 0.25) is 0 Å². The molecule has 1 aliphatic heterocycles. The van der Waals surface area contributed by atoms with Gasteiger partial charge in [-0.05, 0) is 6.07 Å². The third-order valence-electron chi connectivity index (χ3n) is 1.88. The number of hydrogen-bond acceptors (Lipinski definition) is 2. The van der Waals surface area contributed by atoms with Crippen LogP contribution < -0.4 is 0 Å². The van der Waals surface area contributed by atoms with Crippen LogP contribution in [0.4, 0.5) is 8.78 Å². The molecule has 0 saturated heterocycles. The lowest BCUT2D eigenvalue weighted by Crippen LogP contribution is -2.10. The summed E-state index contributed by atoms with van der Waals surface area (Å²) in [6, 6.07) is 1.91. The van der Waals surface area contributed by atoms with E-state index in [1.54, 1.807) is 0 Å². The van der Waals surface area contributed by atoms with E-state index < -0.39 is 11.6 Å². The minimum Gasteiger partial charge on any atom is -0.294 e. The maximum Gasteiger partial charge on any atom is 0.165 e. The molecule has 0 N–H and O–H groups in total. The van der Waals surface area contributed by atoms with E-state index >= 15 is 0 Å². The zero-order valence-corrected chi connectivity index (χ0v) is 7.46. The molecule has 4 heteroatoms. The van der Waals surface area contributed by atoms with Crippen molar-refractivity contribution in [3.05, 3.63) is 29.3 Å². The Morgan fingerprint density at radius 3 is 2.85 bits per heavy atom. The molecule has 0 aliphatic carbocycles. The number of thioether (sulfide) groups is 1. The Morgan fingerprint density at radius 2 is 2.08 bits per heavy atom. The molecule has 0 saturated carbocycles. The average Bonchev–Trinajstić information content (AvgIpc) is 2.07. The molecule has 0 bridgehead atoms. The van der Waals surface area contributed by atoms with Crippen molar-refractivity contribution >= 4 is 17.5 Å². The molecule has 68 valence electrons. The maximum absolute atomic E-state index is 13.1. The third-order valence-corrected chi connectivity index (χ3v) is 3.00. The fourth-order valence-corrected chi connectivity index (χ4v) is 2.31. The first-order chi connectivity index (χ1) is 6.18. The molecule has 1 nitrogen and oxygen atoms in total. The van der Waals surface area contributed by atoms with Gasteiger partial charge in [0.1, 0.15) is 11.6 Å². The van der Waals surface area contributed by atoms with Gasteiger partial charge in [-0.2, -0.15) is 0 Å². The number of carbonyl (C=O) groups excluding carboxylic acids is 1. The molecule has 1 aromatic rings. The van der Waals surface area contributed by atoms with Crippen molar-refractivity contribution < 1.29 is 13.6 Å². The van der Waals surface area contributed by atoms with E-state index in [9.17, 15) is 13.6 Å². The second-order valence-electron chi connectivity index (χ2n) is 2.79. The number of hydrogen-bond donors (Lipinski definition) is 0. The number of fused-ring (bicyclic) bond motifs is 1. The molecular formula is C9H6F2OS. The lowest BCUT2D eigenvalue weighted by atomic mass is 10.1. The van der Waals surface area contributed by atoms with Gasteiger partial charge in [0.25, 0.3) is 0 Å². The minimum absolute atomic E-state index is 0.174. The van der Waals surface area contributed by atoms with E-state index in [1.165, 1.54) is 11.8 Å². The van der Waals surface area contributed by atoms with Gasteiger partial charge in [-0.3, -0.25) is 4.79 Å². The van der Waals surface area contributed by atoms with Crippen LogP contribution in [-0.4, -0.2) is 11.5 Å². The molecule has 1 heterocycles. The Labute approximate surface area is 78.1 Å². The van der Waals surface area contributed by atoms with Gasteiger partial charge in [-0.1, -0.05) is 0 Å². The highest BCUT2D eigenvalue weighted by molar-refractivity contribution is 7.99. The fourth-order valence-electron chi connectivity index (χ4n) is 1.29. The predicted octanol–water partition coefficient (Wildman–Crippen LogP) is 2.64. The summed E-state index contributed by atoms with van der Waals surface area (Å²) in [7, 11) is 0. The summed E-state index contributed by atoms with van der Waals surface area (Å²) in [5, 5.41) is 0. The summed E-state index contributed by atoms with van der Waals surface area (Å²) in [6.07, 6.45) is 0.362. The largest absolute Gasteiger partial charge is 0.294 e. The van der Waals surface area contributed by atoms with Crippen molar-refractivity contribution in [3.8, 4) is 0 Å². The number of halogens is 2. The second-order valence-corrected chi connectivity index (χ2v) is 3.89. The number of carbonyl (C=O) groups is 1. The van der Waals surface area contributed by atoms with E-state index in [0.717, 1.165) is 12.1 Å². The van der Waals surface area contributed by atoms with Gasteiger partial charge in [0.2, 0.25) is 0 Å². The summed E-state index contributed by atoms with van der Waals surface area (Å²) < 4.78 is 25.8. The Bertz CT molecular complexity index is 376. The van der Waals surface area contributed by atoms with Crippen LogP contribution in [-0.2, 0) is 0 Å². The lowest BCUT2D eigenvalue weighted by molar-refractivity contribution is 0.0983. The van der Waals surface area contributed by atoms with Crippen molar-refractivity contribution in [3.63, 3.8) is 0 Å². The average molecular weight is 200 g/mol. The number of Topliss-reactive ketones (excluding diaryl/α,β-unsaturated/α-hetero) is 1. The van der Waals surface area contributed by atoms with Crippen LogP contribution in [0.15, 0.2) is 17.0 Å². The van der Waals surface area contributed by atoms with E-state index in [1.807, 2.05) is 0 Å². The summed E-state index contributed by atoms with van der Waals surface area (Å²) >= 11 is 1.27. The van der Waals surface area contributed by atoms with Crippen molar-refractivity contribution in [1.29, 1.82) is 0 Å². The van der Waals surface area contributed by atoms with Gasteiger partial charge in [-0.25, -0.2) is 8.78 Å². The Morgan fingerprint density at radius 1 is 1.31 bits per heavy atom. The first-order valence-corrected chi connectivity index (χ1v) is 4.82. The minimum atomic E-state index is -0.688. The molecule has 0 unspecified atom stereocenters. The highest BCUT2D eigenvalue weighted by atomic mass is 32.2. The molecule has 2 rings (SSSR count). The standard InChI is InChI=1S/C9H6F2OS/c10-5-3-6-8(12)1-2-13-9(6)7(11)4-5/h3-4H,1-2H2. The van der Waals surface area contributed by atoms with Gasteiger partial charge in [-0.15, -0.1) is 11.8 Å². The lowest BCUT2D eigenvalue weighted by Gasteiger charge is -2.14. The van der Waals surface area contributed by atoms with Crippen molar-refractivity contribution in [1.82, 2.24) is 0 Å². The van der Waals surface area contributed by atoms with Crippen LogP contribution >= 0.6 is 11.8 Å². The molecule has 0 atom stereocenters. The molecule has 0 fully saturated rings. The number of benzene rings is 1. The molecule has 0 amide bonds. The Balaban J connectivity index is 2.63. The van der Waals surface area contributed by atoms with Gasteiger partial charge in [0.15, 0.2) is 5.78 Å². The highest BCUT2D eigenvalue weighted by Crippen LogP contribution is 2.32. The SMILES string of the molecule is O=C1CCSc2c(F)cc(F)cc21. The molecule has 1 aliphatic rings. The normalized spacial score (nSPS) is 15.7. The van der Waals surface area contributed by atoms with Crippen LogP contribution in [0.25, 0.3) is 0 Å². The van der Waals surface area contributed by atoms with Crippen LogP contribution in [0, 0.1) is 11.6 Å². The predicted molar refractivity (Wildman–Crippen MR) is 46.0 cm³/mol. The molecule has 0 radical (unpaired) electrons. The van der Waals surface area contributed by atoms with Gasteiger partial charge >= 0.3 is 0 Å². The Kier molecular flexibility index (Phi) is 2.07. The maximum atomic E-state index is 13.1. The van der Waals surface area contributed by atoms with Crippen molar-refractivity contribution in [2.45, 2.75) is 11.3 Å². The van der Waals surface area contributed by atoms with E-state index in [4.69, 9.17) is 0 Å². The van der Waals surface area contributed by atoms with Gasteiger partial charge < -0.3 is 0 Å². The molecule has 0 aromatic heterocycles. The summed E-state index contributed by atoms with van der Waals surface area (Å²) in [5.41, 5.74) is 0.189. The van der Waals surface area contributed by atoms with E-state index in [2.05, 4.69) is 0 Å². The van der Waals surface area contributed by atoms with Crippen LogP contribution in [0.5, 0.6) is 0 Å². The summed E-state index contributed by atoms with van der Waals surface area (Å²) in [4.78, 5) is 11.5. The van der Waals surface area contributed by atoms with E-state index in [0.29, 0.717) is 12.2 Å². The van der Waals surface area contributed by atoms with Crippen molar-refractivity contribution in [2.75, 3.05) is 5.75 Å². The summed E-state index contributed by atoms with van der Waals surface area (Å²) in [5.74, 6) is -0.915. The first-order valence-electron chi connectivity index (χ1n) is 3.83. The summed E-state index contributed by atoms with van der Waals surface area (Å²) in [6.45, 7) is 0. The zero-order valence-electron chi connectivity index (χ0n) is 6.64. The van der Waals surface area contributed by atoms with Crippen LogP contribution in [0.3, 0.4) is 0 Å². The molecule has 0 spiro atoms. The number of rotatable bonds is 0. The topological polar surface area (TPSA) is 17.1 Å². The van der Waals surface area contributed by atoms with Gasteiger partial charge in [0, 0.05) is 23.8 Å². The monoisotopic (exact) mass is 200 g/mol. The molecule has 13 heavy (non-hydrogen) atoms. The van der Waals surface area contributed by atoms with E-state index in [-0.39, 0.29) is 16.2 Å². The molecule has 1 aromatic carbocycles. The molecular weight excluding hydrogens is 194 g/mol. The highest BCUT2D eigenvalue weighted by Gasteiger charge is 2.21. The van der Waals surface area contributed by atoms with Crippen LogP contribution in [0.1, 0.15) is 16.8 Å². The zero-order chi connectivity index (χ0) is 9.42. The smallest absolute Gasteiger partial charge is 0.165 e. The third kappa shape index (κ3) is 1.46. The quantitative estimate of drug-likeness (QED) is 0.640. The van der Waals surface area contributed by atoms with Gasteiger partial charge in [0.05, 0.1) is 4.90 Å². The number of ketones is 1. The Hall–Kier alpha value is -0.900. The first kappa shape index (κ1) is 8.69.